The van der Waals surface area contributed by atoms with Gasteiger partial charge in [0.25, 0.3) is 0 Å². The SMILES string of the molecule is CN(CC(=O)NC1CC1)S(=O)(=O)Cc1ccccc1C#N. The molecule has 21 heavy (non-hydrogen) atoms. The second-order valence-electron chi connectivity index (χ2n) is 5.12. The molecule has 7 heteroatoms. The lowest BCUT2D eigenvalue weighted by molar-refractivity contribution is -0.121. The minimum Gasteiger partial charge on any atom is -0.352 e. The topological polar surface area (TPSA) is 90.3 Å². The molecule has 0 bridgehead atoms. The van der Waals surface area contributed by atoms with Crippen LogP contribution in [0.4, 0.5) is 0 Å². The standard InChI is InChI=1S/C14H17N3O3S/c1-17(9-14(18)16-13-6-7-13)21(19,20)10-12-5-3-2-4-11(12)8-15/h2-5,13H,6-7,9-10H2,1H3,(H,16,18). The Kier molecular flexibility index (Phi) is 4.60. The van der Waals surface area contributed by atoms with Gasteiger partial charge in [-0.1, -0.05) is 18.2 Å². The van der Waals surface area contributed by atoms with Crippen molar-refractivity contribution in [1.82, 2.24) is 9.62 Å². The molecule has 0 spiro atoms. The number of sulfonamides is 1. The first kappa shape index (κ1) is 15.5. The molecule has 1 aliphatic rings. The van der Waals surface area contributed by atoms with Gasteiger partial charge in [-0.25, -0.2) is 8.42 Å². The molecule has 0 heterocycles. The second kappa shape index (κ2) is 6.24. The Bertz CT molecular complexity index is 675. The lowest BCUT2D eigenvalue weighted by atomic mass is 10.1. The number of nitrogens with one attached hydrogen (secondary N) is 1. The van der Waals surface area contributed by atoms with Crippen molar-refractivity contribution in [2.75, 3.05) is 13.6 Å². The molecule has 1 aromatic rings. The van der Waals surface area contributed by atoms with Crippen LogP contribution < -0.4 is 5.32 Å². The van der Waals surface area contributed by atoms with E-state index in [0.717, 1.165) is 17.1 Å². The molecule has 0 saturated heterocycles. The number of likely N-dealkylation sites (N-methyl/N-ethyl adjacent to an activating group) is 1. The first-order valence-electron chi connectivity index (χ1n) is 6.64. The predicted octanol–water partition coefficient (Wildman–Crippen LogP) is 0.598. The van der Waals surface area contributed by atoms with Crippen LogP contribution in [-0.2, 0) is 20.6 Å². The highest BCUT2D eigenvalue weighted by Gasteiger charge is 2.26. The fourth-order valence-corrected chi connectivity index (χ4v) is 3.04. The highest BCUT2D eigenvalue weighted by molar-refractivity contribution is 7.88. The lowest BCUT2D eigenvalue weighted by Crippen LogP contribution is -2.39. The van der Waals surface area contributed by atoms with E-state index in [4.69, 9.17) is 5.26 Å². The molecular formula is C14H17N3O3S. The van der Waals surface area contributed by atoms with Crippen LogP contribution in [0.2, 0.25) is 0 Å². The predicted molar refractivity (Wildman–Crippen MR) is 77.6 cm³/mol. The van der Waals surface area contributed by atoms with Crippen LogP contribution >= 0.6 is 0 Å². The summed E-state index contributed by atoms with van der Waals surface area (Å²) in [6, 6.07) is 8.72. The van der Waals surface area contributed by atoms with Gasteiger partial charge in [0.1, 0.15) is 0 Å². The van der Waals surface area contributed by atoms with E-state index in [2.05, 4.69) is 5.32 Å². The quantitative estimate of drug-likeness (QED) is 0.833. The van der Waals surface area contributed by atoms with E-state index in [1.165, 1.54) is 7.05 Å². The van der Waals surface area contributed by atoms with Crippen LogP contribution in [0, 0.1) is 11.3 Å². The van der Waals surface area contributed by atoms with E-state index in [1.807, 2.05) is 6.07 Å². The van der Waals surface area contributed by atoms with E-state index in [1.54, 1.807) is 24.3 Å². The summed E-state index contributed by atoms with van der Waals surface area (Å²) in [4.78, 5) is 11.7. The Morgan fingerprint density at radius 1 is 1.43 bits per heavy atom. The molecule has 0 radical (unpaired) electrons. The molecule has 0 aliphatic heterocycles. The summed E-state index contributed by atoms with van der Waals surface area (Å²) in [6.07, 6.45) is 1.91. The van der Waals surface area contributed by atoms with E-state index in [-0.39, 0.29) is 24.2 Å². The molecule has 1 aliphatic carbocycles. The van der Waals surface area contributed by atoms with Crippen LogP contribution in [0.1, 0.15) is 24.0 Å². The third-order valence-electron chi connectivity index (χ3n) is 3.26. The van der Waals surface area contributed by atoms with Crippen molar-refractivity contribution < 1.29 is 13.2 Å². The number of benzene rings is 1. The molecule has 0 unspecified atom stereocenters. The lowest BCUT2D eigenvalue weighted by Gasteiger charge is -2.17. The van der Waals surface area contributed by atoms with Crippen LogP contribution in [0.15, 0.2) is 24.3 Å². The second-order valence-corrected chi connectivity index (χ2v) is 7.20. The van der Waals surface area contributed by atoms with Gasteiger partial charge in [0.15, 0.2) is 0 Å². The fourth-order valence-electron chi connectivity index (χ4n) is 1.86. The number of carbonyl (C=O) groups excluding carboxylic acids is 1. The highest BCUT2D eigenvalue weighted by Crippen LogP contribution is 2.18. The smallest absolute Gasteiger partial charge is 0.235 e. The Labute approximate surface area is 124 Å². The van der Waals surface area contributed by atoms with Crippen molar-refractivity contribution in [2.24, 2.45) is 0 Å². The summed E-state index contributed by atoms with van der Waals surface area (Å²) >= 11 is 0. The summed E-state index contributed by atoms with van der Waals surface area (Å²) < 4.78 is 25.5. The maximum absolute atomic E-state index is 12.2. The number of rotatable bonds is 6. The number of hydrogen-bond donors (Lipinski definition) is 1. The van der Waals surface area contributed by atoms with Gasteiger partial charge in [0.05, 0.1) is 23.9 Å². The third-order valence-corrected chi connectivity index (χ3v) is 5.01. The molecule has 1 N–H and O–H groups in total. The zero-order chi connectivity index (χ0) is 15.5. The minimum absolute atomic E-state index is 0.201. The van der Waals surface area contributed by atoms with Gasteiger partial charge in [-0.3, -0.25) is 4.79 Å². The van der Waals surface area contributed by atoms with Crippen LogP contribution in [0.3, 0.4) is 0 Å². The first-order chi connectivity index (χ1) is 9.92. The van der Waals surface area contributed by atoms with Crippen molar-refractivity contribution in [3.63, 3.8) is 0 Å². The zero-order valence-corrected chi connectivity index (χ0v) is 12.6. The molecule has 112 valence electrons. The largest absolute Gasteiger partial charge is 0.352 e. The molecule has 1 saturated carbocycles. The molecule has 1 fully saturated rings. The zero-order valence-electron chi connectivity index (χ0n) is 11.7. The Morgan fingerprint density at radius 2 is 2.10 bits per heavy atom. The van der Waals surface area contributed by atoms with Gasteiger partial charge >= 0.3 is 0 Å². The maximum Gasteiger partial charge on any atom is 0.235 e. The monoisotopic (exact) mass is 307 g/mol. The molecule has 6 nitrogen and oxygen atoms in total. The maximum atomic E-state index is 12.2. The van der Waals surface area contributed by atoms with Gasteiger partial charge < -0.3 is 5.32 Å². The first-order valence-corrected chi connectivity index (χ1v) is 8.24. The number of hydrogen-bond acceptors (Lipinski definition) is 4. The number of nitrogens with zero attached hydrogens (tertiary/aromatic N) is 2. The summed E-state index contributed by atoms with van der Waals surface area (Å²) in [6.45, 7) is -0.201. The normalized spacial score (nSPS) is 14.7. The third kappa shape index (κ3) is 4.28. The Balaban J connectivity index is 2.03. The van der Waals surface area contributed by atoms with Crippen molar-refractivity contribution in [3.05, 3.63) is 35.4 Å². The molecule has 1 aromatic carbocycles. The van der Waals surface area contributed by atoms with Gasteiger partial charge in [-0.05, 0) is 24.5 Å². The minimum atomic E-state index is -3.63. The molecule has 0 aromatic heterocycles. The van der Waals surface area contributed by atoms with Crippen LogP contribution in [0.25, 0.3) is 0 Å². The van der Waals surface area contributed by atoms with E-state index in [0.29, 0.717) is 11.1 Å². The number of nitriles is 1. The van der Waals surface area contributed by atoms with Crippen molar-refractivity contribution >= 4 is 15.9 Å². The molecular weight excluding hydrogens is 290 g/mol. The van der Waals surface area contributed by atoms with Crippen LogP contribution in [0.5, 0.6) is 0 Å². The number of carbonyl (C=O) groups is 1. The average molecular weight is 307 g/mol. The molecule has 1 amide bonds. The van der Waals surface area contributed by atoms with Crippen molar-refractivity contribution in [1.29, 1.82) is 5.26 Å². The average Bonchev–Trinajstić information content (AvgIpc) is 3.22. The van der Waals surface area contributed by atoms with E-state index in [9.17, 15) is 13.2 Å². The summed E-state index contributed by atoms with van der Waals surface area (Å²) in [5, 5.41) is 11.7. The summed E-state index contributed by atoms with van der Waals surface area (Å²) in [5.41, 5.74) is 0.770. The van der Waals surface area contributed by atoms with Crippen molar-refractivity contribution in [2.45, 2.75) is 24.6 Å². The van der Waals surface area contributed by atoms with Gasteiger partial charge in [-0.15, -0.1) is 0 Å². The van der Waals surface area contributed by atoms with Crippen LogP contribution in [-0.4, -0.2) is 38.3 Å². The summed E-state index contributed by atoms with van der Waals surface area (Å²) in [5.74, 6) is -0.582. The Morgan fingerprint density at radius 3 is 2.71 bits per heavy atom. The number of amides is 1. The van der Waals surface area contributed by atoms with Gasteiger partial charge in [-0.2, -0.15) is 9.57 Å². The molecule has 2 rings (SSSR count). The van der Waals surface area contributed by atoms with E-state index < -0.39 is 10.0 Å². The summed E-state index contributed by atoms with van der Waals surface area (Å²) in [7, 11) is -2.26. The van der Waals surface area contributed by atoms with Crippen molar-refractivity contribution in [3.8, 4) is 6.07 Å². The van der Waals surface area contributed by atoms with Gasteiger partial charge in [0, 0.05) is 13.1 Å². The highest BCUT2D eigenvalue weighted by atomic mass is 32.2. The van der Waals surface area contributed by atoms with E-state index >= 15 is 0 Å². The molecule has 0 atom stereocenters. The fraction of sp³-hybridized carbons (Fsp3) is 0.429. The Hall–Kier alpha value is -1.91. The van der Waals surface area contributed by atoms with Gasteiger partial charge in [0.2, 0.25) is 15.9 Å².